The van der Waals surface area contributed by atoms with Crippen LogP contribution in [0.2, 0.25) is 11.3 Å². The summed E-state index contributed by atoms with van der Waals surface area (Å²) >= 11 is 6.37. The summed E-state index contributed by atoms with van der Waals surface area (Å²) in [6.07, 6.45) is 6.13. The summed E-state index contributed by atoms with van der Waals surface area (Å²) in [6.45, 7) is 4.15. The van der Waals surface area contributed by atoms with E-state index in [0.29, 0.717) is 36.4 Å². The van der Waals surface area contributed by atoms with Crippen LogP contribution in [0.25, 0.3) is 6.08 Å². The van der Waals surface area contributed by atoms with Crippen molar-refractivity contribution in [3.8, 4) is 5.75 Å². The number of aromatic hydroxyl groups is 1. The molecule has 0 unspecified atom stereocenters. The van der Waals surface area contributed by atoms with Crippen LogP contribution in [0.15, 0.2) is 59.2 Å². The van der Waals surface area contributed by atoms with E-state index in [1.165, 1.54) is 28.7 Å². The second-order valence-electron chi connectivity index (χ2n) is 11.4. The van der Waals surface area contributed by atoms with Crippen molar-refractivity contribution in [3.05, 3.63) is 69.8 Å². The molecular formula is C31H36B2ClNO7. The van der Waals surface area contributed by atoms with E-state index in [2.05, 4.69) is 6.92 Å². The lowest BCUT2D eigenvalue weighted by Gasteiger charge is -2.43. The zero-order chi connectivity index (χ0) is 30.1. The van der Waals surface area contributed by atoms with Crippen LogP contribution in [0.4, 0.5) is 5.69 Å². The number of hydrogen-bond acceptors (Lipinski definition) is 7. The normalized spacial score (nSPS) is 24.3. The van der Waals surface area contributed by atoms with E-state index < -0.39 is 32.2 Å². The Morgan fingerprint density at radius 2 is 1.90 bits per heavy atom. The van der Waals surface area contributed by atoms with Crippen LogP contribution < -0.4 is 10.4 Å². The van der Waals surface area contributed by atoms with E-state index in [1.54, 1.807) is 24.3 Å². The zero-order valence-corrected chi connectivity index (χ0v) is 24.6. The van der Waals surface area contributed by atoms with Crippen molar-refractivity contribution in [2.75, 3.05) is 4.90 Å². The third kappa shape index (κ3) is 5.96. The predicted octanol–water partition coefficient (Wildman–Crippen LogP) is 4.10. The Morgan fingerprint density at radius 1 is 1.12 bits per heavy atom. The molecule has 0 bridgehead atoms. The molecule has 5 rings (SSSR count). The van der Waals surface area contributed by atoms with E-state index in [4.69, 9.17) is 16.3 Å². The Kier molecular flexibility index (Phi) is 9.30. The molecule has 4 atom stereocenters. The molecule has 0 radical (unpaired) electrons. The first-order valence-electron chi connectivity index (χ1n) is 14.7. The number of benzene rings is 2. The van der Waals surface area contributed by atoms with Gasteiger partial charge in [0.1, 0.15) is 5.75 Å². The van der Waals surface area contributed by atoms with Gasteiger partial charge in [0.05, 0.1) is 28.6 Å². The Balaban J connectivity index is 1.43. The largest absolute Gasteiger partial charge is 0.508 e. The van der Waals surface area contributed by atoms with Crippen molar-refractivity contribution in [2.24, 2.45) is 17.8 Å². The predicted molar refractivity (Wildman–Crippen MR) is 164 cm³/mol. The molecule has 220 valence electrons. The molecule has 4 N–H and O–H groups in total. The number of phenolic OH excluding ortho intramolecular Hbond substituents is 1. The van der Waals surface area contributed by atoms with Gasteiger partial charge < -0.3 is 24.8 Å². The molecule has 42 heavy (non-hydrogen) atoms. The molecule has 0 spiro atoms. The Bertz CT molecular complexity index is 1430. The molecule has 0 aromatic heterocycles. The van der Waals surface area contributed by atoms with Crippen LogP contribution >= 0.6 is 11.6 Å². The molecule has 2 heterocycles. The summed E-state index contributed by atoms with van der Waals surface area (Å²) in [5.41, 5.74) is 4.63. The lowest BCUT2D eigenvalue weighted by molar-refractivity contribution is -0.122. The fourth-order valence-electron chi connectivity index (χ4n) is 6.94. The molecule has 0 saturated carbocycles. The number of fused-ring (bicyclic) bond motifs is 3. The number of carbonyl (C=O) groups excluding carboxylic acids is 2. The molecule has 1 aliphatic carbocycles. The Hall–Kier alpha value is -2.88. The maximum atomic E-state index is 13.9. The number of halogens is 1. The number of anilines is 1. The van der Waals surface area contributed by atoms with Crippen molar-refractivity contribution in [1.29, 1.82) is 0 Å². The second kappa shape index (κ2) is 12.8. The number of phenols is 1. The third-order valence-corrected chi connectivity index (χ3v) is 9.13. The van der Waals surface area contributed by atoms with Crippen LogP contribution in [0.5, 0.6) is 5.75 Å². The quantitative estimate of drug-likeness (QED) is 0.196. The summed E-state index contributed by atoms with van der Waals surface area (Å²) < 4.78 is 6.12. The number of rotatable bonds is 9. The molecular weight excluding hydrogens is 555 g/mol. The minimum atomic E-state index is -1.72. The van der Waals surface area contributed by atoms with Gasteiger partial charge in [0.15, 0.2) is 0 Å². The van der Waals surface area contributed by atoms with Crippen molar-refractivity contribution in [1.82, 2.24) is 0 Å². The number of nitrogens with zero attached hydrogens (tertiary/aromatic N) is 1. The topological polar surface area (TPSA) is 128 Å². The molecule has 2 aromatic rings. The summed E-state index contributed by atoms with van der Waals surface area (Å²) in [6, 6.07) is 11.1. The SMILES string of the molecule is CCC/C(=C\c1ccc(O)cc1Cl)CC[C@H]1OB(O)C[C@H]2C1=C(CC)C[C@H]1C(=O)N(c3cccc(B(O)O)c3)C(=O)[C@H]12. The van der Waals surface area contributed by atoms with Gasteiger partial charge in [-0.2, -0.15) is 0 Å². The van der Waals surface area contributed by atoms with Crippen molar-refractivity contribution >= 4 is 54.9 Å². The van der Waals surface area contributed by atoms with Gasteiger partial charge in [0, 0.05) is 0 Å². The maximum Gasteiger partial charge on any atom is 0.488 e. The second-order valence-corrected chi connectivity index (χ2v) is 11.9. The van der Waals surface area contributed by atoms with Gasteiger partial charge in [-0.25, -0.2) is 0 Å². The van der Waals surface area contributed by atoms with Crippen molar-refractivity contribution in [3.63, 3.8) is 0 Å². The number of hydrogen-bond donors (Lipinski definition) is 4. The highest BCUT2D eigenvalue weighted by atomic mass is 35.5. The van der Waals surface area contributed by atoms with Crippen LogP contribution in [0.3, 0.4) is 0 Å². The van der Waals surface area contributed by atoms with E-state index >= 15 is 0 Å². The van der Waals surface area contributed by atoms with Gasteiger partial charge in [-0.1, -0.05) is 61.2 Å². The Labute approximate surface area is 251 Å². The van der Waals surface area contributed by atoms with Crippen molar-refractivity contribution < 1.29 is 34.4 Å². The van der Waals surface area contributed by atoms with Crippen LogP contribution in [-0.4, -0.2) is 52.3 Å². The molecule has 3 aliphatic rings. The van der Waals surface area contributed by atoms with Crippen LogP contribution in [0, 0.1) is 17.8 Å². The molecule has 2 fully saturated rings. The van der Waals surface area contributed by atoms with Crippen molar-refractivity contribution in [2.45, 2.75) is 64.8 Å². The first-order chi connectivity index (χ1) is 20.1. The Morgan fingerprint density at radius 3 is 2.60 bits per heavy atom. The van der Waals surface area contributed by atoms with E-state index in [-0.39, 0.29) is 35.3 Å². The lowest BCUT2D eigenvalue weighted by atomic mass is 9.58. The van der Waals surface area contributed by atoms with Gasteiger partial charge in [0.25, 0.3) is 0 Å². The fraction of sp³-hybridized carbons (Fsp3) is 0.419. The molecule has 11 heteroatoms. The highest BCUT2D eigenvalue weighted by Crippen LogP contribution is 2.51. The molecule has 2 saturated heterocycles. The highest BCUT2D eigenvalue weighted by Gasteiger charge is 2.57. The average Bonchev–Trinajstić information content (AvgIpc) is 3.21. The fourth-order valence-corrected chi connectivity index (χ4v) is 7.17. The summed E-state index contributed by atoms with van der Waals surface area (Å²) in [5.74, 6) is -2.00. The third-order valence-electron chi connectivity index (χ3n) is 8.80. The molecule has 2 aromatic carbocycles. The summed E-state index contributed by atoms with van der Waals surface area (Å²) in [7, 11) is -2.78. The number of carbonyl (C=O) groups is 2. The number of imide groups is 1. The van der Waals surface area contributed by atoms with Crippen LogP contribution in [-0.2, 0) is 14.2 Å². The van der Waals surface area contributed by atoms with Gasteiger partial charge in [0.2, 0.25) is 11.8 Å². The smallest absolute Gasteiger partial charge is 0.488 e. The standard InChI is InChI=1S/C31H36B2ClNO7/c1-3-6-18(13-20-10-11-23(36)16-26(20)34)9-12-27-28-19(4-2)14-24-29(25(28)17-32(39)42-27)31(38)35(30(24)37)22-8-5-7-21(15-22)33(40)41/h5,7-8,10-11,13,15-16,24-25,27,29,36,39-41H,3-4,6,9,12,14,17H2,1-2H3/b18-13+/t24-,25+,27-,29-/m1/s1. The highest BCUT2D eigenvalue weighted by molar-refractivity contribution is 6.58. The molecule has 8 nitrogen and oxygen atoms in total. The first kappa shape index (κ1) is 30.6. The summed E-state index contributed by atoms with van der Waals surface area (Å²) in [4.78, 5) is 28.7. The summed E-state index contributed by atoms with van der Waals surface area (Å²) in [5, 5.41) is 40.3. The monoisotopic (exact) mass is 591 g/mol. The minimum Gasteiger partial charge on any atom is -0.508 e. The first-order valence-corrected chi connectivity index (χ1v) is 15.1. The zero-order valence-electron chi connectivity index (χ0n) is 23.9. The number of allylic oxidation sites excluding steroid dienone is 2. The van der Waals surface area contributed by atoms with Gasteiger partial charge >= 0.3 is 14.2 Å². The van der Waals surface area contributed by atoms with E-state index in [9.17, 15) is 29.8 Å². The average molecular weight is 592 g/mol. The van der Waals surface area contributed by atoms with Gasteiger partial charge in [-0.05, 0) is 91.3 Å². The van der Waals surface area contributed by atoms with Crippen LogP contribution in [0.1, 0.15) is 57.9 Å². The van der Waals surface area contributed by atoms with E-state index in [1.807, 2.05) is 13.0 Å². The van der Waals surface area contributed by atoms with Gasteiger partial charge in [-0.15, -0.1) is 0 Å². The molecule has 2 aliphatic heterocycles. The lowest BCUT2D eigenvalue weighted by Crippen LogP contribution is -2.46. The van der Waals surface area contributed by atoms with Gasteiger partial charge in [-0.3, -0.25) is 14.5 Å². The van der Waals surface area contributed by atoms with E-state index in [0.717, 1.165) is 29.6 Å². The maximum absolute atomic E-state index is 13.9. The minimum absolute atomic E-state index is 0.108. The number of amides is 2. The molecule has 2 amide bonds.